The van der Waals surface area contributed by atoms with E-state index in [9.17, 15) is 23.1 Å². The van der Waals surface area contributed by atoms with Gasteiger partial charge in [0.15, 0.2) is 0 Å². The van der Waals surface area contributed by atoms with E-state index in [0.29, 0.717) is 11.1 Å². The number of alkyl halides is 3. The van der Waals surface area contributed by atoms with Crippen molar-refractivity contribution in [3.8, 4) is 6.07 Å². The van der Waals surface area contributed by atoms with Crippen LogP contribution in [0.15, 0.2) is 47.6 Å². The number of anilines is 1. The summed E-state index contributed by atoms with van der Waals surface area (Å²) in [5, 5.41) is 21.3. The summed E-state index contributed by atoms with van der Waals surface area (Å²) in [6, 6.07) is 9.40. The molecule has 0 saturated heterocycles. The molecule has 2 rings (SSSR count). The Morgan fingerprint density at radius 3 is 2.62 bits per heavy atom. The number of nitriles is 1. The van der Waals surface area contributed by atoms with E-state index >= 15 is 0 Å². The first kappa shape index (κ1) is 19.8. The molecule has 1 heterocycles. The zero-order valence-corrected chi connectivity index (χ0v) is 14.4. The van der Waals surface area contributed by atoms with Gasteiger partial charge in [0.1, 0.15) is 4.75 Å². The van der Waals surface area contributed by atoms with Gasteiger partial charge >= 0.3 is 6.18 Å². The van der Waals surface area contributed by atoms with Crippen LogP contribution in [0.2, 0.25) is 0 Å². The molecule has 9 heteroatoms. The standard InChI is InChI=1S/C17H14F3N3O2S/c1-16(10-24,26-14-4-2-3-7-22-14)15(25)23-12-6-5-11(9-21)13(8-12)17(18,19)20/h2-8,24H,10H2,1H3,(H,23,25). The van der Waals surface area contributed by atoms with Crippen LogP contribution in [-0.4, -0.2) is 27.4 Å². The molecule has 136 valence electrons. The maximum Gasteiger partial charge on any atom is 0.417 e. The molecule has 0 aliphatic heterocycles. The number of thioether (sulfide) groups is 1. The molecule has 0 spiro atoms. The normalized spacial score (nSPS) is 13.5. The predicted molar refractivity (Wildman–Crippen MR) is 90.4 cm³/mol. The molecule has 1 amide bonds. The highest BCUT2D eigenvalue weighted by Crippen LogP contribution is 2.35. The zero-order chi connectivity index (χ0) is 19.4. The fourth-order valence-electron chi connectivity index (χ4n) is 2.01. The van der Waals surface area contributed by atoms with Gasteiger partial charge in [-0.1, -0.05) is 17.8 Å². The number of aliphatic hydroxyl groups is 1. The topological polar surface area (TPSA) is 86.0 Å². The first-order valence-corrected chi connectivity index (χ1v) is 8.15. The molecular weight excluding hydrogens is 367 g/mol. The molecule has 1 aromatic carbocycles. The third-order valence-corrected chi connectivity index (χ3v) is 4.67. The number of hydrogen-bond acceptors (Lipinski definition) is 5. The Balaban J connectivity index is 2.26. The molecule has 1 unspecified atom stereocenters. The van der Waals surface area contributed by atoms with Crippen LogP contribution in [0.3, 0.4) is 0 Å². The number of aliphatic hydroxyl groups excluding tert-OH is 1. The molecule has 0 fully saturated rings. The first-order valence-electron chi connectivity index (χ1n) is 7.33. The summed E-state index contributed by atoms with van der Waals surface area (Å²) in [4.78, 5) is 16.6. The minimum atomic E-state index is -4.73. The van der Waals surface area contributed by atoms with Gasteiger partial charge in [0.2, 0.25) is 5.91 Å². The van der Waals surface area contributed by atoms with Crippen LogP contribution in [0, 0.1) is 11.3 Å². The molecule has 2 aromatic rings. The van der Waals surface area contributed by atoms with Crippen molar-refractivity contribution in [3.63, 3.8) is 0 Å². The van der Waals surface area contributed by atoms with E-state index in [0.717, 1.165) is 17.8 Å². The summed E-state index contributed by atoms with van der Waals surface area (Å²) < 4.78 is 37.7. The van der Waals surface area contributed by atoms with Crippen LogP contribution in [-0.2, 0) is 11.0 Å². The van der Waals surface area contributed by atoms with Crippen molar-refractivity contribution < 1.29 is 23.1 Å². The van der Waals surface area contributed by atoms with Crippen molar-refractivity contribution in [1.29, 1.82) is 5.26 Å². The average molecular weight is 381 g/mol. The number of benzene rings is 1. The molecule has 0 aliphatic carbocycles. The number of aromatic nitrogens is 1. The van der Waals surface area contributed by atoms with Crippen LogP contribution in [0.4, 0.5) is 18.9 Å². The Bertz CT molecular complexity index is 837. The first-order chi connectivity index (χ1) is 12.2. The number of carbonyl (C=O) groups is 1. The fourth-order valence-corrected chi connectivity index (χ4v) is 2.94. The van der Waals surface area contributed by atoms with Crippen molar-refractivity contribution in [2.24, 2.45) is 0 Å². The lowest BCUT2D eigenvalue weighted by molar-refractivity contribution is -0.137. The van der Waals surface area contributed by atoms with Gasteiger partial charge in [0.25, 0.3) is 0 Å². The summed E-state index contributed by atoms with van der Waals surface area (Å²) >= 11 is 0.988. The summed E-state index contributed by atoms with van der Waals surface area (Å²) in [7, 11) is 0. The van der Waals surface area contributed by atoms with Gasteiger partial charge < -0.3 is 10.4 Å². The lowest BCUT2D eigenvalue weighted by Gasteiger charge is -2.25. The Morgan fingerprint density at radius 2 is 2.08 bits per heavy atom. The van der Waals surface area contributed by atoms with E-state index in [4.69, 9.17) is 5.26 Å². The highest BCUT2D eigenvalue weighted by Gasteiger charge is 2.36. The van der Waals surface area contributed by atoms with E-state index in [1.54, 1.807) is 18.2 Å². The molecule has 0 aliphatic rings. The molecule has 0 saturated carbocycles. The van der Waals surface area contributed by atoms with Gasteiger partial charge in [-0.15, -0.1) is 0 Å². The second-order valence-electron chi connectivity index (χ2n) is 5.48. The SMILES string of the molecule is CC(CO)(Sc1ccccn1)C(=O)Nc1ccc(C#N)c(C(F)(F)F)c1. The Kier molecular flexibility index (Phi) is 5.90. The van der Waals surface area contributed by atoms with Gasteiger partial charge in [-0.2, -0.15) is 18.4 Å². The molecular formula is C17H14F3N3O2S. The molecule has 0 radical (unpaired) electrons. The van der Waals surface area contributed by atoms with E-state index in [1.807, 2.05) is 0 Å². The summed E-state index contributed by atoms with van der Waals surface area (Å²) in [5.41, 5.74) is -1.80. The van der Waals surface area contributed by atoms with Crippen LogP contribution in [0.25, 0.3) is 0 Å². The molecule has 5 nitrogen and oxygen atoms in total. The van der Waals surface area contributed by atoms with Crippen molar-refractivity contribution >= 4 is 23.4 Å². The monoisotopic (exact) mass is 381 g/mol. The number of halogens is 3. The highest BCUT2D eigenvalue weighted by molar-refractivity contribution is 8.01. The summed E-state index contributed by atoms with van der Waals surface area (Å²) in [6.45, 7) is 0.901. The van der Waals surface area contributed by atoms with E-state index < -0.39 is 34.6 Å². The number of nitrogens with one attached hydrogen (secondary N) is 1. The number of carbonyl (C=O) groups excluding carboxylic acids is 1. The van der Waals surface area contributed by atoms with Crippen molar-refractivity contribution in [1.82, 2.24) is 4.98 Å². The minimum absolute atomic E-state index is 0.123. The molecule has 1 atom stereocenters. The van der Waals surface area contributed by atoms with E-state index in [-0.39, 0.29) is 5.69 Å². The maximum absolute atomic E-state index is 13.0. The number of amides is 1. The average Bonchev–Trinajstić information content (AvgIpc) is 2.61. The molecule has 26 heavy (non-hydrogen) atoms. The number of rotatable bonds is 5. The quantitative estimate of drug-likeness (QED) is 0.775. The fraction of sp³-hybridized carbons (Fsp3) is 0.235. The summed E-state index contributed by atoms with van der Waals surface area (Å²) in [5.74, 6) is -0.687. The third kappa shape index (κ3) is 4.53. The van der Waals surface area contributed by atoms with Crippen LogP contribution in [0.1, 0.15) is 18.1 Å². The molecule has 2 N–H and O–H groups in total. The number of pyridine rings is 1. The smallest absolute Gasteiger partial charge is 0.394 e. The van der Waals surface area contributed by atoms with Crippen molar-refractivity contribution in [2.45, 2.75) is 22.9 Å². The third-order valence-electron chi connectivity index (χ3n) is 3.45. The minimum Gasteiger partial charge on any atom is -0.394 e. The van der Waals surface area contributed by atoms with E-state index in [2.05, 4.69) is 10.3 Å². The van der Waals surface area contributed by atoms with Crippen LogP contribution < -0.4 is 5.32 Å². The lowest BCUT2D eigenvalue weighted by Crippen LogP contribution is -2.40. The molecule has 1 aromatic heterocycles. The number of nitrogens with zero attached hydrogens (tertiary/aromatic N) is 2. The summed E-state index contributed by atoms with van der Waals surface area (Å²) in [6.07, 6.45) is -3.21. The number of hydrogen-bond donors (Lipinski definition) is 2. The predicted octanol–water partition coefficient (Wildman–Crippen LogP) is 3.45. The second kappa shape index (κ2) is 7.76. The van der Waals surface area contributed by atoms with Crippen LogP contribution >= 0.6 is 11.8 Å². The van der Waals surface area contributed by atoms with Gasteiger partial charge in [-0.3, -0.25) is 4.79 Å². The van der Waals surface area contributed by atoms with Crippen molar-refractivity contribution in [2.75, 3.05) is 11.9 Å². The highest BCUT2D eigenvalue weighted by atomic mass is 32.2. The molecule has 0 bridgehead atoms. The van der Waals surface area contributed by atoms with Gasteiger partial charge in [0, 0.05) is 11.9 Å². The van der Waals surface area contributed by atoms with Crippen molar-refractivity contribution in [3.05, 3.63) is 53.7 Å². The Hall–Kier alpha value is -2.57. The van der Waals surface area contributed by atoms with Gasteiger partial charge in [-0.05, 0) is 37.3 Å². The van der Waals surface area contributed by atoms with Crippen LogP contribution in [0.5, 0.6) is 0 Å². The zero-order valence-electron chi connectivity index (χ0n) is 13.5. The van der Waals surface area contributed by atoms with E-state index in [1.165, 1.54) is 25.3 Å². The Labute approximate surface area is 151 Å². The second-order valence-corrected chi connectivity index (χ2v) is 7.01. The largest absolute Gasteiger partial charge is 0.417 e. The lowest BCUT2D eigenvalue weighted by atomic mass is 10.1. The van der Waals surface area contributed by atoms with Gasteiger partial charge in [-0.25, -0.2) is 4.98 Å². The van der Waals surface area contributed by atoms with Gasteiger partial charge in [0.05, 0.1) is 28.8 Å². The maximum atomic E-state index is 13.0. The Morgan fingerprint density at radius 1 is 1.35 bits per heavy atom.